The predicted molar refractivity (Wildman–Crippen MR) is 174 cm³/mol. The highest BCUT2D eigenvalue weighted by atomic mass is 16.5. The molecule has 0 aromatic heterocycles. The molecule has 4 aromatic rings. The fourth-order valence-corrected chi connectivity index (χ4v) is 5.85. The molecule has 0 bridgehead atoms. The monoisotopic (exact) mass is 598 g/mol. The molecule has 0 saturated heterocycles. The Bertz CT molecular complexity index is 1680. The lowest BCUT2D eigenvalue weighted by Crippen LogP contribution is -2.28. The van der Waals surface area contributed by atoms with E-state index < -0.39 is 28.5 Å². The second-order valence-corrected chi connectivity index (χ2v) is 11.2. The number of rotatable bonds is 14. The van der Waals surface area contributed by atoms with Gasteiger partial charge in [-0.05, 0) is 82.6 Å². The van der Waals surface area contributed by atoms with Gasteiger partial charge in [0.25, 0.3) is 0 Å². The van der Waals surface area contributed by atoms with E-state index in [1.807, 2.05) is 72.8 Å². The van der Waals surface area contributed by atoms with Crippen molar-refractivity contribution in [1.29, 1.82) is 0 Å². The SMILES string of the molecule is C=C(C)C(=O)C(=O)CCOc1ccc(C2(c3ccc(OCCC(=O)C(=O)C(=C)C)cc3)c3ccccc3-c3ccccc32)cc1. The van der Waals surface area contributed by atoms with E-state index in [9.17, 15) is 19.2 Å². The Morgan fingerprint density at radius 2 is 0.911 bits per heavy atom. The van der Waals surface area contributed by atoms with Crippen LogP contribution >= 0.6 is 0 Å². The maximum absolute atomic E-state index is 12.1. The highest BCUT2D eigenvalue weighted by molar-refractivity contribution is 6.43. The van der Waals surface area contributed by atoms with Crippen molar-refractivity contribution < 1.29 is 28.7 Å². The summed E-state index contributed by atoms with van der Waals surface area (Å²) < 4.78 is 11.7. The van der Waals surface area contributed by atoms with Gasteiger partial charge in [-0.1, -0.05) is 86.0 Å². The molecule has 0 amide bonds. The molecule has 0 radical (unpaired) electrons. The molecule has 4 aromatic carbocycles. The van der Waals surface area contributed by atoms with Gasteiger partial charge in [-0.2, -0.15) is 0 Å². The van der Waals surface area contributed by atoms with E-state index in [4.69, 9.17) is 9.47 Å². The second kappa shape index (κ2) is 13.1. The van der Waals surface area contributed by atoms with Crippen molar-refractivity contribution in [2.75, 3.05) is 13.2 Å². The van der Waals surface area contributed by atoms with Gasteiger partial charge in [-0.15, -0.1) is 0 Å². The van der Waals surface area contributed by atoms with Crippen LogP contribution in [0.25, 0.3) is 11.1 Å². The topological polar surface area (TPSA) is 86.7 Å². The minimum atomic E-state index is -0.641. The summed E-state index contributed by atoms with van der Waals surface area (Å²) in [5.41, 5.74) is 6.43. The first-order valence-electron chi connectivity index (χ1n) is 14.8. The van der Waals surface area contributed by atoms with Crippen molar-refractivity contribution in [2.24, 2.45) is 0 Å². The van der Waals surface area contributed by atoms with Crippen LogP contribution in [0.15, 0.2) is 121 Å². The van der Waals surface area contributed by atoms with Crippen LogP contribution in [0.3, 0.4) is 0 Å². The van der Waals surface area contributed by atoms with E-state index in [2.05, 4.69) is 37.4 Å². The molecule has 6 nitrogen and oxygen atoms in total. The smallest absolute Gasteiger partial charge is 0.223 e. The molecule has 226 valence electrons. The van der Waals surface area contributed by atoms with E-state index >= 15 is 0 Å². The lowest BCUT2D eigenvalue weighted by Gasteiger charge is -2.34. The normalized spacial score (nSPS) is 12.4. The van der Waals surface area contributed by atoms with Gasteiger partial charge in [0.15, 0.2) is 0 Å². The molecule has 0 atom stereocenters. The number of ether oxygens (including phenoxy) is 2. The van der Waals surface area contributed by atoms with E-state index in [0.29, 0.717) is 11.5 Å². The Morgan fingerprint density at radius 3 is 1.27 bits per heavy atom. The first kappa shape index (κ1) is 31.1. The van der Waals surface area contributed by atoms with Crippen LogP contribution in [0, 0.1) is 0 Å². The summed E-state index contributed by atoms with van der Waals surface area (Å²) in [7, 11) is 0. The summed E-state index contributed by atoms with van der Waals surface area (Å²) in [6, 6.07) is 32.4. The maximum atomic E-state index is 12.1. The molecule has 0 aliphatic heterocycles. The van der Waals surface area contributed by atoms with E-state index in [0.717, 1.165) is 33.4 Å². The van der Waals surface area contributed by atoms with Crippen molar-refractivity contribution in [3.63, 3.8) is 0 Å². The van der Waals surface area contributed by atoms with Crippen molar-refractivity contribution in [3.8, 4) is 22.6 Å². The van der Waals surface area contributed by atoms with E-state index in [1.54, 1.807) is 0 Å². The first-order chi connectivity index (χ1) is 21.6. The summed E-state index contributed by atoms with van der Waals surface area (Å²) in [6.07, 6.45) is -0.0458. The van der Waals surface area contributed by atoms with Crippen molar-refractivity contribution in [3.05, 3.63) is 144 Å². The highest BCUT2D eigenvalue weighted by Crippen LogP contribution is 2.56. The van der Waals surface area contributed by atoms with Gasteiger partial charge in [-0.25, -0.2) is 0 Å². The number of carbonyl (C=O) groups is 4. The quantitative estimate of drug-likeness (QED) is 0.101. The van der Waals surface area contributed by atoms with Gasteiger partial charge in [0, 0.05) is 12.8 Å². The molecule has 0 heterocycles. The molecule has 0 N–H and O–H groups in total. The Balaban J connectivity index is 1.45. The van der Waals surface area contributed by atoms with E-state index in [1.165, 1.54) is 13.8 Å². The number of ketones is 4. The molecule has 5 rings (SSSR count). The van der Waals surface area contributed by atoms with Crippen molar-refractivity contribution in [1.82, 2.24) is 0 Å². The highest BCUT2D eigenvalue weighted by Gasteiger charge is 2.45. The summed E-state index contributed by atoms with van der Waals surface area (Å²) in [6.45, 7) is 10.3. The minimum absolute atomic E-state index is 0.0229. The average Bonchev–Trinajstić information content (AvgIpc) is 3.35. The zero-order valence-corrected chi connectivity index (χ0v) is 25.4. The summed E-state index contributed by atoms with van der Waals surface area (Å²) in [5.74, 6) is -0.998. The average molecular weight is 599 g/mol. The van der Waals surface area contributed by atoms with Crippen LogP contribution in [0.5, 0.6) is 11.5 Å². The largest absolute Gasteiger partial charge is 0.493 e. The first-order valence-corrected chi connectivity index (χ1v) is 14.8. The van der Waals surface area contributed by atoms with Crippen LogP contribution in [0.2, 0.25) is 0 Å². The van der Waals surface area contributed by atoms with Gasteiger partial charge in [0.1, 0.15) is 11.5 Å². The lowest BCUT2D eigenvalue weighted by atomic mass is 9.68. The van der Waals surface area contributed by atoms with Gasteiger partial charge >= 0.3 is 0 Å². The molecular weight excluding hydrogens is 564 g/mol. The van der Waals surface area contributed by atoms with Crippen LogP contribution in [-0.4, -0.2) is 36.3 Å². The minimum Gasteiger partial charge on any atom is -0.493 e. The predicted octanol–water partition coefficient (Wildman–Crippen LogP) is 7.02. The number of allylic oxidation sites excluding steroid dienone is 2. The Morgan fingerprint density at radius 1 is 0.556 bits per heavy atom. The van der Waals surface area contributed by atoms with Gasteiger partial charge in [0.05, 0.1) is 18.6 Å². The van der Waals surface area contributed by atoms with Crippen LogP contribution in [-0.2, 0) is 24.6 Å². The fraction of sp³-hybridized carbons (Fsp3) is 0.179. The van der Waals surface area contributed by atoms with Gasteiger partial charge in [0.2, 0.25) is 23.1 Å². The molecule has 0 spiro atoms. The summed E-state index contributed by atoms with van der Waals surface area (Å²) in [5, 5.41) is 0. The molecule has 0 unspecified atom stereocenters. The zero-order valence-electron chi connectivity index (χ0n) is 25.4. The lowest BCUT2D eigenvalue weighted by molar-refractivity contribution is -0.134. The van der Waals surface area contributed by atoms with Crippen LogP contribution in [0.4, 0.5) is 0 Å². The van der Waals surface area contributed by atoms with E-state index in [-0.39, 0.29) is 37.2 Å². The van der Waals surface area contributed by atoms with Crippen molar-refractivity contribution in [2.45, 2.75) is 32.1 Å². The number of fused-ring (bicyclic) bond motifs is 3. The van der Waals surface area contributed by atoms with Crippen LogP contribution in [0.1, 0.15) is 48.9 Å². The van der Waals surface area contributed by atoms with Crippen LogP contribution < -0.4 is 9.47 Å². The van der Waals surface area contributed by atoms with Gasteiger partial charge < -0.3 is 9.47 Å². The number of benzene rings is 4. The molecule has 0 fully saturated rings. The third kappa shape index (κ3) is 6.04. The maximum Gasteiger partial charge on any atom is 0.223 e. The van der Waals surface area contributed by atoms with Crippen molar-refractivity contribution >= 4 is 23.1 Å². The molecule has 6 heteroatoms. The molecule has 45 heavy (non-hydrogen) atoms. The molecule has 1 aliphatic rings. The third-order valence-corrected chi connectivity index (χ3v) is 8.00. The number of carbonyl (C=O) groups excluding carboxylic acids is 4. The summed E-state index contributed by atoms with van der Waals surface area (Å²) >= 11 is 0. The second-order valence-electron chi connectivity index (χ2n) is 11.2. The Hall–Kier alpha value is -5.36. The number of hydrogen-bond donors (Lipinski definition) is 0. The molecular formula is C39H34O6. The number of hydrogen-bond acceptors (Lipinski definition) is 6. The Labute approximate surface area is 263 Å². The summed E-state index contributed by atoms with van der Waals surface area (Å²) in [4.78, 5) is 47.8. The standard InChI is InChI=1S/C39H34O6/c1-25(2)37(42)35(40)21-23-44-29-17-13-27(14-18-29)39(33-11-7-5-9-31(33)32-10-6-8-12-34(32)39)28-15-19-30(20-16-28)45-24-22-36(41)38(43)26(3)4/h5-20H,1,3,21-24H2,2,4H3. The fourth-order valence-electron chi connectivity index (χ4n) is 5.85. The molecule has 0 saturated carbocycles. The zero-order chi connectivity index (χ0) is 32.1. The molecule has 1 aliphatic carbocycles. The number of Topliss-reactive ketones (excluding diaryl/α,β-unsaturated/α-hetero) is 4. The van der Waals surface area contributed by atoms with Gasteiger partial charge in [-0.3, -0.25) is 19.2 Å². The Kier molecular flexibility index (Phi) is 9.05. The third-order valence-electron chi connectivity index (χ3n) is 8.00.